The molecule has 0 spiro atoms. The first-order valence-corrected chi connectivity index (χ1v) is 7.10. The number of nitrogens with zero attached hydrogens (tertiary/aromatic N) is 1. The molecule has 0 bridgehead atoms. The highest BCUT2D eigenvalue weighted by molar-refractivity contribution is 7.11. The van der Waals surface area contributed by atoms with Crippen LogP contribution in [0.15, 0.2) is 24.3 Å². The highest BCUT2D eigenvalue weighted by Crippen LogP contribution is 2.19. The van der Waals surface area contributed by atoms with Crippen LogP contribution < -0.4 is 4.74 Å². The van der Waals surface area contributed by atoms with E-state index in [0.717, 1.165) is 16.5 Å². The molecule has 0 amide bonds. The molecule has 4 heteroatoms. The van der Waals surface area contributed by atoms with Crippen LogP contribution in [0.5, 0.6) is 5.75 Å². The van der Waals surface area contributed by atoms with Gasteiger partial charge in [0.25, 0.3) is 0 Å². The number of thiazole rings is 1. The Morgan fingerprint density at radius 1 is 1.26 bits per heavy atom. The van der Waals surface area contributed by atoms with E-state index in [2.05, 4.69) is 4.98 Å². The third kappa shape index (κ3) is 3.41. The van der Waals surface area contributed by atoms with Crippen molar-refractivity contribution in [3.63, 3.8) is 0 Å². The van der Waals surface area contributed by atoms with Gasteiger partial charge in [-0.1, -0.05) is 0 Å². The van der Waals surface area contributed by atoms with Crippen LogP contribution in [0.25, 0.3) is 0 Å². The van der Waals surface area contributed by atoms with Gasteiger partial charge in [0.05, 0.1) is 18.7 Å². The highest BCUT2D eigenvalue weighted by Gasteiger charge is 2.11. The van der Waals surface area contributed by atoms with Gasteiger partial charge >= 0.3 is 0 Å². The fraction of sp³-hybridized carbons (Fsp3) is 0.333. The zero-order chi connectivity index (χ0) is 13.8. The fourth-order valence-corrected chi connectivity index (χ4v) is 2.69. The molecule has 0 atom stereocenters. The van der Waals surface area contributed by atoms with Crippen molar-refractivity contribution in [1.29, 1.82) is 0 Å². The van der Waals surface area contributed by atoms with Gasteiger partial charge in [0.1, 0.15) is 10.8 Å². The van der Waals surface area contributed by atoms with Crippen LogP contribution in [-0.4, -0.2) is 17.4 Å². The molecule has 0 N–H and O–H groups in total. The van der Waals surface area contributed by atoms with Crippen LogP contribution in [0.3, 0.4) is 0 Å². The summed E-state index contributed by atoms with van der Waals surface area (Å²) in [5, 5.41) is 0.883. The van der Waals surface area contributed by atoms with Gasteiger partial charge in [-0.2, -0.15) is 0 Å². The van der Waals surface area contributed by atoms with Crippen LogP contribution in [-0.2, 0) is 6.42 Å². The van der Waals surface area contributed by atoms with Crippen molar-refractivity contribution >= 4 is 17.1 Å². The highest BCUT2D eigenvalue weighted by atomic mass is 32.1. The summed E-state index contributed by atoms with van der Waals surface area (Å²) in [7, 11) is 0. The average Bonchev–Trinajstić information content (AvgIpc) is 2.69. The van der Waals surface area contributed by atoms with E-state index < -0.39 is 0 Å². The Morgan fingerprint density at radius 2 is 1.95 bits per heavy atom. The summed E-state index contributed by atoms with van der Waals surface area (Å²) in [6.07, 6.45) is 0.368. The van der Waals surface area contributed by atoms with Crippen molar-refractivity contribution in [2.75, 3.05) is 6.61 Å². The lowest BCUT2D eigenvalue weighted by Crippen LogP contribution is -2.03. The zero-order valence-electron chi connectivity index (χ0n) is 11.4. The Morgan fingerprint density at radius 3 is 2.47 bits per heavy atom. The summed E-state index contributed by atoms with van der Waals surface area (Å²) in [5.74, 6) is 0.886. The lowest BCUT2D eigenvalue weighted by Gasteiger charge is -2.03. The molecule has 100 valence electrons. The number of rotatable bonds is 5. The predicted molar refractivity (Wildman–Crippen MR) is 77.2 cm³/mol. The number of carbonyl (C=O) groups is 1. The fourth-order valence-electron chi connectivity index (χ4n) is 1.76. The quantitative estimate of drug-likeness (QED) is 0.783. The largest absolute Gasteiger partial charge is 0.494 e. The number of aromatic nitrogens is 1. The Bertz CT molecular complexity index is 553. The summed E-state index contributed by atoms with van der Waals surface area (Å²) in [5.41, 5.74) is 1.72. The van der Waals surface area contributed by atoms with Crippen molar-refractivity contribution < 1.29 is 9.53 Å². The third-order valence-electron chi connectivity index (χ3n) is 2.87. The maximum Gasteiger partial charge on any atom is 0.169 e. The number of hydrogen-bond donors (Lipinski definition) is 0. The standard InChI is InChI=1S/C15H17NO2S/c1-4-18-13-7-5-12(6-8-13)14(17)9-15-16-10(2)11(3)19-15/h5-8H,4,9H2,1-3H3. The second-order valence-corrected chi connectivity index (χ2v) is 5.59. The van der Waals surface area contributed by atoms with E-state index in [-0.39, 0.29) is 5.78 Å². The molecule has 1 aromatic heterocycles. The molecule has 0 fully saturated rings. The minimum absolute atomic E-state index is 0.0943. The van der Waals surface area contributed by atoms with Crippen molar-refractivity contribution in [3.8, 4) is 5.75 Å². The summed E-state index contributed by atoms with van der Waals surface area (Å²) >= 11 is 1.59. The first-order valence-electron chi connectivity index (χ1n) is 6.29. The molecule has 2 rings (SSSR count). The second kappa shape index (κ2) is 5.97. The molecule has 1 heterocycles. The van der Waals surface area contributed by atoms with E-state index >= 15 is 0 Å². The number of ketones is 1. The lowest BCUT2D eigenvalue weighted by molar-refractivity contribution is 0.0993. The molecule has 0 aliphatic carbocycles. The van der Waals surface area contributed by atoms with Gasteiger partial charge < -0.3 is 4.74 Å². The molecule has 1 aromatic carbocycles. The number of carbonyl (C=O) groups excluding carboxylic acids is 1. The van der Waals surface area contributed by atoms with E-state index in [1.807, 2.05) is 32.9 Å². The summed E-state index contributed by atoms with van der Waals surface area (Å²) < 4.78 is 5.36. The molecule has 0 radical (unpaired) electrons. The minimum Gasteiger partial charge on any atom is -0.494 e. The van der Waals surface area contributed by atoms with Gasteiger partial charge in [-0.3, -0.25) is 4.79 Å². The van der Waals surface area contributed by atoms with Crippen molar-refractivity contribution in [1.82, 2.24) is 4.98 Å². The van der Waals surface area contributed by atoms with Crippen molar-refractivity contribution in [3.05, 3.63) is 45.4 Å². The van der Waals surface area contributed by atoms with Crippen LogP contribution >= 0.6 is 11.3 Å². The zero-order valence-corrected chi connectivity index (χ0v) is 12.2. The number of Topliss-reactive ketones (excluding diaryl/α,β-unsaturated/α-hetero) is 1. The Labute approximate surface area is 117 Å². The Hall–Kier alpha value is -1.68. The molecule has 3 nitrogen and oxygen atoms in total. The van der Waals surface area contributed by atoms with E-state index in [1.165, 1.54) is 4.88 Å². The lowest BCUT2D eigenvalue weighted by atomic mass is 10.1. The topological polar surface area (TPSA) is 39.2 Å². The molecule has 0 saturated carbocycles. The summed E-state index contributed by atoms with van der Waals surface area (Å²) in [4.78, 5) is 17.7. The summed E-state index contributed by atoms with van der Waals surface area (Å²) in [6.45, 7) is 6.56. The van der Waals surface area contributed by atoms with Gasteiger partial charge in [-0.05, 0) is 45.0 Å². The molecule has 0 unspecified atom stereocenters. The second-order valence-electron chi connectivity index (χ2n) is 4.31. The first kappa shape index (κ1) is 13.7. The Balaban J connectivity index is 2.07. The Kier molecular flexibility index (Phi) is 4.32. The van der Waals surface area contributed by atoms with Crippen LogP contribution in [0.4, 0.5) is 0 Å². The molecule has 0 aliphatic heterocycles. The van der Waals surface area contributed by atoms with Crippen molar-refractivity contribution in [2.45, 2.75) is 27.2 Å². The molecule has 0 aliphatic rings. The smallest absolute Gasteiger partial charge is 0.169 e. The molecule has 0 saturated heterocycles. The van der Waals surface area contributed by atoms with E-state index in [1.54, 1.807) is 23.5 Å². The van der Waals surface area contributed by atoms with Crippen LogP contribution in [0, 0.1) is 13.8 Å². The normalized spacial score (nSPS) is 10.5. The van der Waals surface area contributed by atoms with E-state index in [0.29, 0.717) is 18.6 Å². The minimum atomic E-state index is 0.0943. The van der Waals surface area contributed by atoms with Crippen molar-refractivity contribution in [2.24, 2.45) is 0 Å². The molecular formula is C15H17NO2S. The van der Waals surface area contributed by atoms with Gasteiger partial charge in [-0.15, -0.1) is 11.3 Å². The summed E-state index contributed by atoms with van der Waals surface area (Å²) in [6, 6.07) is 7.27. The third-order valence-corrected chi connectivity index (χ3v) is 3.94. The van der Waals surface area contributed by atoms with E-state index in [4.69, 9.17) is 4.74 Å². The van der Waals surface area contributed by atoms with Gasteiger partial charge in [0, 0.05) is 10.4 Å². The SMILES string of the molecule is CCOc1ccc(C(=O)Cc2nc(C)c(C)s2)cc1. The van der Waals surface area contributed by atoms with Crippen LogP contribution in [0.1, 0.15) is 32.9 Å². The average molecular weight is 275 g/mol. The molecule has 2 aromatic rings. The van der Waals surface area contributed by atoms with Gasteiger partial charge in [0.15, 0.2) is 5.78 Å². The maximum absolute atomic E-state index is 12.1. The number of aryl methyl sites for hydroxylation is 2. The monoisotopic (exact) mass is 275 g/mol. The van der Waals surface area contributed by atoms with Crippen LogP contribution in [0.2, 0.25) is 0 Å². The predicted octanol–water partition coefficient (Wildman–Crippen LogP) is 3.58. The van der Waals surface area contributed by atoms with Gasteiger partial charge in [0.2, 0.25) is 0 Å². The van der Waals surface area contributed by atoms with Gasteiger partial charge in [-0.25, -0.2) is 4.98 Å². The first-order chi connectivity index (χ1) is 9.10. The number of ether oxygens (including phenoxy) is 1. The maximum atomic E-state index is 12.1. The number of benzene rings is 1. The van der Waals surface area contributed by atoms with E-state index in [9.17, 15) is 4.79 Å². The molecular weight excluding hydrogens is 258 g/mol. The molecule has 19 heavy (non-hydrogen) atoms. The number of hydrogen-bond acceptors (Lipinski definition) is 4.